The van der Waals surface area contributed by atoms with Crippen molar-refractivity contribution >= 4 is 11.9 Å². The summed E-state index contributed by atoms with van der Waals surface area (Å²) in [6, 6.07) is 0.988. The van der Waals surface area contributed by atoms with E-state index in [1.165, 1.54) is 0 Å². The molecule has 6 heteroatoms. The van der Waals surface area contributed by atoms with Crippen LogP contribution in [0, 0.1) is 11.3 Å². The van der Waals surface area contributed by atoms with Gasteiger partial charge in [0.15, 0.2) is 0 Å². The number of nitrogens with one attached hydrogen (secondary N) is 1. The summed E-state index contributed by atoms with van der Waals surface area (Å²) < 4.78 is 0. The van der Waals surface area contributed by atoms with E-state index >= 15 is 0 Å². The van der Waals surface area contributed by atoms with Gasteiger partial charge in [0, 0.05) is 13.0 Å². The summed E-state index contributed by atoms with van der Waals surface area (Å²) in [7, 11) is 0. The van der Waals surface area contributed by atoms with Crippen molar-refractivity contribution in [1.29, 1.82) is 5.26 Å². The fourth-order valence-electron chi connectivity index (χ4n) is 0.953. The quantitative estimate of drug-likeness (QED) is 0.497. The molecule has 6 nitrogen and oxygen atoms in total. The minimum Gasteiger partial charge on any atom is -0.481 e. The van der Waals surface area contributed by atoms with Crippen molar-refractivity contribution in [2.24, 2.45) is 5.73 Å². The predicted octanol–water partition coefficient (Wildman–Crippen LogP) is -0.402. The van der Waals surface area contributed by atoms with E-state index < -0.39 is 17.9 Å². The molecule has 0 aromatic heterocycles. The van der Waals surface area contributed by atoms with E-state index in [2.05, 4.69) is 5.32 Å². The predicted molar refractivity (Wildman–Crippen MR) is 52.7 cm³/mol. The molecule has 1 unspecified atom stereocenters. The monoisotopic (exact) mass is 213 g/mol. The molecular weight excluding hydrogens is 198 g/mol. The third-order valence-electron chi connectivity index (χ3n) is 1.75. The molecule has 0 heterocycles. The maximum absolute atomic E-state index is 11.1. The molecule has 0 rings (SSSR count). The Hall–Kier alpha value is -1.61. The lowest BCUT2D eigenvalue weighted by Gasteiger charge is -2.09. The average molecular weight is 213 g/mol. The maximum atomic E-state index is 11.1. The average Bonchev–Trinajstić information content (AvgIpc) is 2.16. The van der Waals surface area contributed by atoms with Gasteiger partial charge in [0.05, 0.1) is 18.5 Å². The molecule has 1 amide bonds. The van der Waals surface area contributed by atoms with Crippen LogP contribution in [0.15, 0.2) is 0 Å². The van der Waals surface area contributed by atoms with Crippen molar-refractivity contribution in [2.45, 2.75) is 31.7 Å². The lowest BCUT2D eigenvalue weighted by Crippen LogP contribution is -2.42. The number of carboxylic acids is 1. The topological polar surface area (TPSA) is 116 Å². The molecule has 0 aliphatic heterocycles. The van der Waals surface area contributed by atoms with Crippen LogP contribution in [0.3, 0.4) is 0 Å². The molecule has 15 heavy (non-hydrogen) atoms. The summed E-state index contributed by atoms with van der Waals surface area (Å²) in [6.45, 7) is 0.424. The zero-order valence-corrected chi connectivity index (χ0v) is 8.40. The van der Waals surface area contributed by atoms with Gasteiger partial charge in [-0.1, -0.05) is 0 Å². The van der Waals surface area contributed by atoms with Gasteiger partial charge in [-0.3, -0.25) is 9.59 Å². The lowest BCUT2D eigenvalue weighted by molar-refractivity contribution is -0.139. The van der Waals surface area contributed by atoms with E-state index in [4.69, 9.17) is 16.1 Å². The molecule has 84 valence electrons. The number of rotatable bonds is 7. The zero-order valence-electron chi connectivity index (χ0n) is 8.40. The molecule has 0 aromatic carbocycles. The van der Waals surface area contributed by atoms with E-state index in [1.54, 1.807) is 0 Å². The summed E-state index contributed by atoms with van der Waals surface area (Å²) in [5, 5.41) is 19.1. The van der Waals surface area contributed by atoms with E-state index in [0.717, 1.165) is 0 Å². The van der Waals surface area contributed by atoms with Gasteiger partial charge in [-0.2, -0.15) is 5.26 Å². The van der Waals surface area contributed by atoms with Crippen LogP contribution in [0.4, 0.5) is 0 Å². The molecule has 0 bridgehead atoms. The molecule has 1 atom stereocenters. The van der Waals surface area contributed by atoms with Crippen LogP contribution in [-0.4, -0.2) is 29.6 Å². The van der Waals surface area contributed by atoms with Crippen LogP contribution in [0.2, 0.25) is 0 Å². The first kappa shape index (κ1) is 13.4. The van der Waals surface area contributed by atoms with Gasteiger partial charge in [0.1, 0.15) is 0 Å². The largest absolute Gasteiger partial charge is 0.481 e. The van der Waals surface area contributed by atoms with Crippen LogP contribution in [-0.2, 0) is 9.59 Å². The van der Waals surface area contributed by atoms with Crippen LogP contribution >= 0.6 is 0 Å². The molecule has 0 aromatic rings. The first-order chi connectivity index (χ1) is 7.07. The minimum atomic E-state index is -1.10. The molecule has 0 radical (unpaired) electrons. The second kappa shape index (κ2) is 7.76. The number of carboxylic acid groups (broad SMARTS) is 1. The van der Waals surface area contributed by atoms with E-state index in [1.807, 2.05) is 6.07 Å². The highest BCUT2D eigenvalue weighted by Crippen LogP contribution is 1.93. The Bertz CT molecular complexity index is 260. The molecule has 0 spiro atoms. The van der Waals surface area contributed by atoms with Crippen molar-refractivity contribution in [3.05, 3.63) is 0 Å². The van der Waals surface area contributed by atoms with Gasteiger partial charge in [-0.05, 0) is 12.8 Å². The summed E-state index contributed by atoms with van der Waals surface area (Å²) in [4.78, 5) is 21.4. The summed E-state index contributed by atoms with van der Waals surface area (Å²) >= 11 is 0. The van der Waals surface area contributed by atoms with Gasteiger partial charge in [0.2, 0.25) is 5.91 Å². The number of nitrogens with two attached hydrogens (primary N) is 1. The minimum absolute atomic E-state index is 0.371. The number of carbonyl (C=O) groups excluding carboxylic acids is 1. The van der Waals surface area contributed by atoms with Gasteiger partial charge in [0.25, 0.3) is 0 Å². The lowest BCUT2D eigenvalue weighted by atomic mass is 10.2. The Morgan fingerprint density at radius 3 is 2.67 bits per heavy atom. The first-order valence-corrected chi connectivity index (χ1v) is 4.70. The van der Waals surface area contributed by atoms with E-state index in [0.29, 0.717) is 25.8 Å². The number of nitrogens with zero attached hydrogens (tertiary/aromatic N) is 1. The Labute approximate surface area is 88.1 Å². The van der Waals surface area contributed by atoms with Crippen molar-refractivity contribution in [3.8, 4) is 6.07 Å². The Morgan fingerprint density at radius 1 is 1.47 bits per heavy atom. The second-order valence-corrected chi connectivity index (χ2v) is 3.11. The molecule has 0 saturated carbocycles. The number of unbranched alkanes of at least 4 members (excludes halogenated alkanes) is 2. The van der Waals surface area contributed by atoms with Crippen molar-refractivity contribution in [2.75, 3.05) is 6.54 Å². The highest BCUT2D eigenvalue weighted by Gasteiger charge is 2.15. The third-order valence-corrected chi connectivity index (χ3v) is 1.75. The van der Waals surface area contributed by atoms with Gasteiger partial charge in [-0.25, -0.2) is 0 Å². The number of carbonyl (C=O) groups is 2. The van der Waals surface area contributed by atoms with Gasteiger partial charge in [-0.15, -0.1) is 0 Å². The molecule has 0 aliphatic carbocycles. The number of hydrogen-bond acceptors (Lipinski definition) is 4. The van der Waals surface area contributed by atoms with Crippen LogP contribution in [0.25, 0.3) is 0 Å². The molecule has 0 saturated heterocycles. The standard InChI is InChI=1S/C9H15N3O3/c10-4-2-1-3-5-12-9(15)7(11)6-8(13)14/h7H,1-3,5-6,11H2,(H,12,15)(H,13,14). The van der Waals surface area contributed by atoms with E-state index in [-0.39, 0.29) is 6.42 Å². The fourth-order valence-corrected chi connectivity index (χ4v) is 0.953. The third kappa shape index (κ3) is 7.46. The van der Waals surface area contributed by atoms with Crippen LogP contribution in [0.1, 0.15) is 25.7 Å². The molecule has 0 fully saturated rings. The highest BCUT2D eigenvalue weighted by molar-refractivity contribution is 5.85. The maximum Gasteiger partial charge on any atom is 0.305 e. The second-order valence-electron chi connectivity index (χ2n) is 3.11. The smallest absolute Gasteiger partial charge is 0.305 e. The normalized spacial score (nSPS) is 11.5. The number of nitriles is 1. The Morgan fingerprint density at radius 2 is 2.13 bits per heavy atom. The van der Waals surface area contributed by atoms with Crippen LogP contribution < -0.4 is 11.1 Å². The Kier molecular flexibility index (Phi) is 6.93. The van der Waals surface area contributed by atoms with E-state index in [9.17, 15) is 9.59 Å². The first-order valence-electron chi connectivity index (χ1n) is 4.70. The Balaban J connectivity index is 3.56. The summed E-state index contributed by atoms with van der Waals surface area (Å²) in [5.41, 5.74) is 5.31. The zero-order chi connectivity index (χ0) is 11.7. The van der Waals surface area contributed by atoms with Crippen LogP contribution in [0.5, 0.6) is 0 Å². The van der Waals surface area contributed by atoms with Crippen molar-refractivity contribution in [1.82, 2.24) is 5.32 Å². The van der Waals surface area contributed by atoms with Crippen molar-refractivity contribution < 1.29 is 14.7 Å². The number of hydrogen-bond donors (Lipinski definition) is 3. The van der Waals surface area contributed by atoms with Crippen molar-refractivity contribution in [3.63, 3.8) is 0 Å². The molecule has 0 aliphatic rings. The number of aliphatic carboxylic acids is 1. The summed E-state index contributed by atoms with van der Waals surface area (Å²) in [6.07, 6.45) is 1.49. The summed E-state index contributed by atoms with van der Waals surface area (Å²) in [5.74, 6) is -1.56. The SMILES string of the molecule is N#CCCCCNC(=O)C(N)CC(=O)O. The molecule has 4 N–H and O–H groups in total. The van der Waals surface area contributed by atoms with Gasteiger partial charge >= 0.3 is 5.97 Å². The fraction of sp³-hybridized carbons (Fsp3) is 0.667. The highest BCUT2D eigenvalue weighted by atomic mass is 16.4. The number of amides is 1. The van der Waals surface area contributed by atoms with Gasteiger partial charge < -0.3 is 16.2 Å². The molecular formula is C9H15N3O3.